The number of fused-ring (bicyclic) bond motifs is 1. The van der Waals surface area contributed by atoms with Gasteiger partial charge >= 0.3 is 0 Å². The number of piperidine rings is 1. The number of hydrogen-bond acceptors (Lipinski definition) is 6. The van der Waals surface area contributed by atoms with Crippen LogP contribution in [0.1, 0.15) is 38.2 Å². The summed E-state index contributed by atoms with van der Waals surface area (Å²) in [4.78, 5) is 19.8. The van der Waals surface area contributed by atoms with Gasteiger partial charge in [-0.15, -0.1) is 0 Å². The van der Waals surface area contributed by atoms with Gasteiger partial charge in [0.1, 0.15) is 17.0 Å². The first kappa shape index (κ1) is 25.6. The molecule has 38 heavy (non-hydrogen) atoms. The Hall–Kier alpha value is -4.07. The van der Waals surface area contributed by atoms with Crippen molar-refractivity contribution in [1.29, 1.82) is 0 Å². The zero-order valence-electron chi connectivity index (χ0n) is 22.1. The maximum atomic E-state index is 12.8. The fourth-order valence-corrected chi connectivity index (χ4v) is 4.78. The number of unbranched alkanes of at least 4 members (excludes halogenated alkanes) is 1. The van der Waals surface area contributed by atoms with Crippen molar-refractivity contribution in [3.63, 3.8) is 0 Å². The van der Waals surface area contributed by atoms with Gasteiger partial charge in [0.2, 0.25) is 5.91 Å². The first-order valence-electron chi connectivity index (χ1n) is 13.4. The molecule has 1 aliphatic heterocycles. The van der Waals surface area contributed by atoms with Crippen LogP contribution in [0, 0.1) is 5.92 Å². The molecule has 8 nitrogen and oxygen atoms in total. The highest BCUT2D eigenvalue weighted by Crippen LogP contribution is 2.29. The van der Waals surface area contributed by atoms with Crippen LogP contribution in [0.2, 0.25) is 0 Å². The molecule has 0 spiro atoms. The van der Waals surface area contributed by atoms with Gasteiger partial charge in [-0.25, -0.2) is 9.50 Å². The Labute approximate surface area is 223 Å². The van der Waals surface area contributed by atoms with E-state index in [9.17, 15) is 4.79 Å². The van der Waals surface area contributed by atoms with Crippen LogP contribution in [0.25, 0.3) is 16.8 Å². The van der Waals surface area contributed by atoms with Crippen LogP contribution in [0.4, 0.5) is 5.82 Å². The second-order valence-corrected chi connectivity index (χ2v) is 9.66. The third kappa shape index (κ3) is 5.90. The Bertz CT molecular complexity index is 1340. The highest BCUT2D eigenvalue weighted by Gasteiger charge is 2.26. The molecule has 5 rings (SSSR count). The van der Waals surface area contributed by atoms with Crippen molar-refractivity contribution < 1.29 is 14.3 Å². The third-order valence-corrected chi connectivity index (χ3v) is 7.08. The molecule has 2 aromatic carbocycles. The summed E-state index contributed by atoms with van der Waals surface area (Å²) in [7, 11) is 1.65. The number of aromatic nitrogens is 3. The maximum absolute atomic E-state index is 12.8. The van der Waals surface area contributed by atoms with Crippen molar-refractivity contribution in [3.8, 4) is 22.8 Å². The summed E-state index contributed by atoms with van der Waals surface area (Å²) < 4.78 is 12.9. The minimum absolute atomic E-state index is 0.00256. The lowest BCUT2D eigenvalue weighted by atomic mass is 9.95. The molecule has 0 atom stereocenters. The number of nitrogens with zero attached hydrogens (tertiary/aromatic N) is 4. The maximum Gasteiger partial charge on any atom is 0.223 e. The molecule has 1 fully saturated rings. The lowest BCUT2D eigenvalue weighted by molar-refractivity contribution is -0.125. The predicted molar refractivity (Wildman–Crippen MR) is 149 cm³/mol. The first-order chi connectivity index (χ1) is 18.6. The summed E-state index contributed by atoms with van der Waals surface area (Å²) in [5.74, 6) is 2.71. The number of ether oxygens (including phenoxy) is 2. The molecule has 2 aromatic heterocycles. The number of anilines is 1. The Balaban J connectivity index is 1.20. The normalized spacial score (nSPS) is 14.0. The molecular formula is C30H35N5O3. The highest BCUT2D eigenvalue weighted by molar-refractivity contribution is 5.79. The molecule has 1 N–H and O–H groups in total. The fraction of sp³-hybridized carbons (Fsp3) is 0.367. The van der Waals surface area contributed by atoms with E-state index in [0.717, 1.165) is 85.0 Å². The van der Waals surface area contributed by atoms with Crippen molar-refractivity contribution in [2.75, 3.05) is 31.7 Å². The van der Waals surface area contributed by atoms with Crippen LogP contribution in [0.15, 0.2) is 67.0 Å². The van der Waals surface area contributed by atoms with E-state index in [1.807, 2.05) is 59.2 Å². The van der Waals surface area contributed by atoms with E-state index in [4.69, 9.17) is 14.6 Å². The largest absolute Gasteiger partial charge is 0.497 e. The van der Waals surface area contributed by atoms with Gasteiger partial charge in [0.05, 0.1) is 19.4 Å². The van der Waals surface area contributed by atoms with E-state index in [2.05, 4.69) is 28.2 Å². The Kier molecular flexibility index (Phi) is 8.06. The first-order valence-corrected chi connectivity index (χ1v) is 13.4. The summed E-state index contributed by atoms with van der Waals surface area (Å²) in [6, 6.07) is 18.0. The van der Waals surface area contributed by atoms with E-state index in [1.54, 1.807) is 13.3 Å². The lowest BCUT2D eigenvalue weighted by Gasteiger charge is -2.32. The van der Waals surface area contributed by atoms with Crippen LogP contribution in [0.3, 0.4) is 0 Å². The van der Waals surface area contributed by atoms with Gasteiger partial charge in [-0.1, -0.05) is 25.5 Å². The van der Waals surface area contributed by atoms with Crippen LogP contribution in [-0.4, -0.2) is 47.3 Å². The average Bonchev–Trinajstić information content (AvgIpc) is 3.41. The molecule has 1 saturated heterocycles. The number of amides is 1. The van der Waals surface area contributed by atoms with Crippen LogP contribution < -0.4 is 19.7 Å². The van der Waals surface area contributed by atoms with E-state index < -0.39 is 0 Å². The quantitative estimate of drug-likeness (QED) is 0.297. The Morgan fingerprint density at radius 2 is 1.79 bits per heavy atom. The van der Waals surface area contributed by atoms with Gasteiger partial charge in [0.15, 0.2) is 5.82 Å². The summed E-state index contributed by atoms with van der Waals surface area (Å²) in [6.07, 6.45) is 7.41. The minimum Gasteiger partial charge on any atom is -0.497 e. The molecule has 1 amide bonds. The predicted octanol–water partition coefficient (Wildman–Crippen LogP) is 5.12. The third-order valence-electron chi connectivity index (χ3n) is 7.08. The van der Waals surface area contributed by atoms with Crippen molar-refractivity contribution in [2.45, 2.75) is 39.2 Å². The highest BCUT2D eigenvalue weighted by atomic mass is 16.5. The molecule has 0 bridgehead atoms. The van der Waals surface area contributed by atoms with Crippen LogP contribution in [0.5, 0.6) is 11.5 Å². The van der Waals surface area contributed by atoms with Crippen LogP contribution in [-0.2, 0) is 11.3 Å². The molecular weight excluding hydrogens is 478 g/mol. The second-order valence-electron chi connectivity index (χ2n) is 9.66. The van der Waals surface area contributed by atoms with E-state index >= 15 is 0 Å². The molecule has 0 radical (unpaired) electrons. The van der Waals surface area contributed by atoms with E-state index in [-0.39, 0.29) is 11.8 Å². The summed E-state index contributed by atoms with van der Waals surface area (Å²) in [5, 5.41) is 7.88. The minimum atomic E-state index is 0.00256. The van der Waals surface area contributed by atoms with Crippen LogP contribution >= 0.6 is 0 Å². The standard InChI is InChI=1S/C30H35N5O3/c1-3-4-19-38-26-11-7-23(8-12-26)27-20-28-29(31-15-18-35(28)33-27)34-16-13-24(14-17-34)30(36)32-21-22-5-9-25(37-2)10-6-22/h5-12,15,18,20,24H,3-4,13-14,16-17,19,21H2,1-2H3,(H,32,36). The number of nitrogens with one attached hydrogen (secondary N) is 1. The van der Waals surface area contributed by atoms with Gasteiger partial charge in [-0.05, 0) is 67.3 Å². The number of carbonyl (C=O) groups excluding carboxylic acids is 1. The molecule has 0 aliphatic carbocycles. The van der Waals surface area contributed by atoms with Crippen molar-refractivity contribution >= 4 is 17.2 Å². The number of benzene rings is 2. The van der Waals surface area contributed by atoms with Crippen molar-refractivity contribution in [1.82, 2.24) is 19.9 Å². The monoisotopic (exact) mass is 513 g/mol. The number of hydrogen-bond donors (Lipinski definition) is 1. The zero-order chi connectivity index (χ0) is 26.3. The number of carbonyl (C=O) groups is 1. The van der Waals surface area contributed by atoms with E-state index in [0.29, 0.717) is 6.54 Å². The number of methoxy groups -OCH3 is 1. The molecule has 0 saturated carbocycles. The Morgan fingerprint density at radius 3 is 2.50 bits per heavy atom. The molecule has 4 aromatic rings. The molecule has 198 valence electrons. The van der Waals surface area contributed by atoms with E-state index in [1.165, 1.54) is 0 Å². The zero-order valence-corrected chi connectivity index (χ0v) is 22.1. The molecule has 0 unspecified atom stereocenters. The van der Waals surface area contributed by atoms with Gasteiger partial charge < -0.3 is 19.7 Å². The lowest BCUT2D eigenvalue weighted by Crippen LogP contribution is -2.40. The smallest absolute Gasteiger partial charge is 0.223 e. The second kappa shape index (κ2) is 12.0. The van der Waals surface area contributed by atoms with Gasteiger partial charge in [0.25, 0.3) is 0 Å². The molecule has 3 heterocycles. The summed E-state index contributed by atoms with van der Waals surface area (Å²) in [5.41, 5.74) is 3.96. The van der Waals surface area contributed by atoms with Gasteiger partial charge in [0, 0.05) is 43.5 Å². The average molecular weight is 514 g/mol. The van der Waals surface area contributed by atoms with Gasteiger partial charge in [-0.3, -0.25) is 4.79 Å². The topological polar surface area (TPSA) is 81.0 Å². The molecule has 8 heteroatoms. The summed E-state index contributed by atoms with van der Waals surface area (Å²) in [6.45, 7) is 4.97. The van der Waals surface area contributed by atoms with Crippen molar-refractivity contribution in [3.05, 3.63) is 72.6 Å². The van der Waals surface area contributed by atoms with Crippen molar-refractivity contribution in [2.24, 2.45) is 5.92 Å². The number of rotatable bonds is 10. The molecule has 1 aliphatic rings. The Morgan fingerprint density at radius 1 is 1.05 bits per heavy atom. The SMILES string of the molecule is CCCCOc1ccc(-c2cc3c(N4CCC(C(=O)NCc5ccc(OC)cc5)CC4)nccn3n2)cc1. The van der Waals surface area contributed by atoms with Gasteiger partial charge in [-0.2, -0.15) is 5.10 Å². The summed E-state index contributed by atoms with van der Waals surface area (Å²) >= 11 is 0. The fourth-order valence-electron chi connectivity index (χ4n) is 4.78.